The largest absolute Gasteiger partial charge is 0.497 e. The molecule has 0 fully saturated rings. The van der Waals surface area contributed by atoms with Gasteiger partial charge in [0.15, 0.2) is 0 Å². The molecule has 0 saturated heterocycles. The van der Waals surface area contributed by atoms with Gasteiger partial charge in [-0.15, -0.1) is 0 Å². The molecule has 0 aliphatic rings. The first kappa shape index (κ1) is 19.9. The summed E-state index contributed by atoms with van der Waals surface area (Å²) in [6.45, 7) is 0. The fourth-order valence-corrected chi connectivity index (χ4v) is 3.06. The lowest BCUT2D eigenvalue weighted by atomic mass is 10.1. The van der Waals surface area contributed by atoms with Gasteiger partial charge in [0.2, 0.25) is 0 Å². The SMILES string of the molecule is COc1ccc(-c2nn(-c3ccccc3)cc2C(=O)NNC(=O)c2ccccc2)cc1. The molecule has 1 aromatic heterocycles. The number of carbonyl (C=O) groups excluding carboxylic acids is 2. The van der Waals surface area contributed by atoms with E-state index in [1.54, 1.807) is 54.4 Å². The maximum absolute atomic E-state index is 12.9. The molecule has 7 nitrogen and oxygen atoms in total. The zero-order valence-electron chi connectivity index (χ0n) is 16.8. The minimum Gasteiger partial charge on any atom is -0.497 e. The second-order valence-corrected chi connectivity index (χ2v) is 6.67. The van der Waals surface area contributed by atoms with Gasteiger partial charge >= 0.3 is 0 Å². The molecule has 0 aliphatic heterocycles. The number of hydrazine groups is 1. The number of benzene rings is 3. The monoisotopic (exact) mass is 412 g/mol. The summed E-state index contributed by atoms with van der Waals surface area (Å²) < 4.78 is 6.84. The second kappa shape index (κ2) is 8.96. The maximum Gasteiger partial charge on any atom is 0.273 e. The second-order valence-electron chi connectivity index (χ2n) is 6.67. The van der Waals surface area contributed by atoms with Crippen LogP contribution in [0.4, 0.5) is 0 Å². The zero-order valence-corrected chi connectivity index (χ0v) is 16.8. The average molecular weight is 412 g/mol. The third kappa shape index (κ3) is 4.45. The number of amides is 2. The van der Waals surface area contributed by atoms with Gasteiger partial charge in [0, 0.05) is 17.3 Å². The summed E-state index contributed by atoms with van der Waals surface area (Å²) in [5.74, 6) is -0.181. The molecule has 0 aliphatic carbocycles. The van der Waals surface area contributed by atoms with Gasteiger partial charge in [0.1, 0.15) is 11.4 Å². The van der Waals surface area contributed by atoms with Crippen LogP contribution in [0.15, 0.2) is 91.1 Å². The Hall–Kier alpha value is -4.39. The van der Waals surface area contributed by atoms with E-state index in [4.69, 9.17) is 4.74 Å². The van der Waals surface area contributed by atoms with E-state index >= 15 is 0 Å². The Morgan fingerprint density at radius 2 is 1.42 bits per heavy atom. The number of nitrogens with zero attached hydrogens (tertiary/aromatic N) is 2. The lowest BCUT2D eigenvalue weighted by Crippen LogP contribution is -2.41. The number of carbonyl (C=O) groups is 2. The molecule has 31 heavy (non-hydrogen) atoms. The van der Waals surface area contributed by atoms with Gasteiger partial charge in [-0.05, 0) is 48.5 Å². The molecule has 0 radical (unpaired) electrons. The molecule has 3 aromatic carbocycles. The van der Waals surface area contributed by atoms with Gasteiger partial charge in [0.25, 0.3) is 11.8 Å². The summed E-state index contributed by atoms with van der Waals surface area (Å²) >= 11 is 0. The fourth-order valence-electron chi connectivity index (χ4n) is 3.06. The summed E-state index contributed by atoms with van der Waals surface area (Å²) in [6, 6.07) is 25.4. The number of hydrogen-bond acceptors (Lipinski definition) is 4. The standard InChI is InChI=1S/C24H20N4O3/c1-31-20-14-12-17(13-15-20)22-21(16-28(27-22)19-10-6-3-7-11-19)24(30)26-25-23(29)18-8-4-2-5-9-18/h2-16H,1H3,(H,25,29)(H,26,30). The molecule has 0 saturated carbocycles. The quantitative estimate of drug-likeness (QED) is 0.490. The highest BCUT2D eigenvalue weighted by atomic mass is 16.5. The molecule has 2 N–H and O–H groups in total. The topological polar surface area (TPSA) is 85.2 Å². The highest BCUT2D eigenvalue weighted by Crippen LogP contribution is 2.25. The zero-order chi connectivity index (χ0) is 21.6. The van der Waals surface area contributed by atoms with Crippen LogP contribution in [0.3, 0.4) is 0 Å². The summed E-state index contributed by atoms with van der Waals surface area (Å²) in [6.07, 6.45) is 1.64. The highest BCUT2D eigenvalue weighted by molar-refractivity contribution is 6.02. The van der Waals surface area contributed by atoms with Crippen LogP contribution in [0.2, 0.25) is 0 Å². The van der Waals surface area contributed by atoms with Crippen molar-refractivity contribution in [3.05, 3.63) is 102 Å². The Morgan fingerprint density at radius 1 is 0.806 bits per heavy atom. The number of nitrogens with one attached hydrogen (secondary N) is 2. The van der Waals surface area contributed by atoms with Gasteiger partial charge in [-0.3, -0.25) is 20.4 Å². The van der Waals surface area contributed by atoms with E-state index in [9.17, 15) is 9.59 Å². The van der Waals surface area contributed by atoms with Gasteiger partial charge in [-0.2, -0.15) is 5.10 Å². The number of rotatable bonds is 5. The first-order chi connectivity index (χ1) is 15.2. The van der Waals surface area contributed by atoms with Crippen molar-refractivity contribution in [2.24, 2.45) is 0 Å². The molecule has 7 heteroatoms. The normalized spacial score (nSPS) is 10.4. The fraction of sp³-hybridized carbons (Fsp3) is 0.0417. The third-order valence-electron chi connectivity index (χ3n) is 4.67. The van der Waals surface area contributed by atoms with Gasteiger partial charge in [0.05, 0.1) is 18.4 Å². The maximum atomic E-state index is 12.9. The molecule has 0 atom stereocenters. The minimum absolute atomic E-state index is 0.322. The number of ether oxygens (including phenoxy) is 1. The van der Waals surface area contributed by atoms with E-state index in [2.05, 4.69) is 16.0 Å². The summed E-state index contributed by atoms with van der Waals surface area (Å²) in [5, 5.41) is 4.61. The van der Waals surface area contributed by atoms with E-state index in [-0.39, 0.29) is 0 Å². The number of aromatic nitrogens is 2. The Kier molecular flexibility index (Phi) is 5.75. The predicted molar refractivity (Wildman–Crippen MR) is 117 cm³/mol. The molecule has 4 rings (SSSR count). The van der Waals surface area contributed by atoms with E-state index < -0.39 is 11.8 Å². The van der Waals surface area contributed by atoms with Crippen molar-refractivity contribution in [2.45, 2.75) is 0 Å². The average Bonchev–Trinajstić information content (AvgIpc) is 3.29. The Labute approximate surface area is 179 Å². The molecule has 1 heterocycles. The van der Waals surface area contributed by atoms with E-state index in [1.165, 1.54) is 0 Å². The van der Waals surface area contributed by atoms with Crippen LogP contribution in [0, 0.1) is 0 Å². The summed E-state index contributed by atoms with van der Waals surface area (Å²) in [4.78, 5) is 25.2. The molecule has 0 bridgehead atoms. The van der Waals surface area contributed by atoms with Crippen molar-refractivity contribution in [2.75, 3.05) is 7.11 Å². The number of hydrogen-bond donors (Lipinski definition) is 2. The third-order valence-corrected chi connectivity index (χ3v) is 4.67. The van der Waals surface area contributed by atoms with Crippen molar-refractivity contribution in [1.29, 1.82) is 0 Å². The molecule has 154 valence electrons. The molecule has 2 amide bonds. The lowest BCUT2D eigenvalue weighted by molar-refractivity contribution is 0.0847. The van der Waals surface area contributed by atoms with Crippen LogP contribution < -0.4 is 15.6 Å². The number of methoxy groups -OCH3 is 1. The Bertz CT molecular complexity index is 1190. The van der Waals surface area contributed by atoms with Crippen molar-refractivity contribution in [3.63, 3.8) is 0 Å². The first-order valence-corrected chi connectivity index (χ1v) is 9.61. The van der Waals surface area contributed by atoms with Crippen LogP contribution in [-0.2, 0) is 0 Å². The van der Waals surface area contributed by atoms with Crippen molar-refractivity contribution >= 4 is 11.8 Å². The molecule has 4 aromatic rings. The van der Waals surface area contributed by atoms with E-state index in [0.29, 0.717) is 22.6 Å². The Morgan fingerprint density at radius 3 is 2.06 bits per heavy atom. The Balaban J connectivity index is 1.63. The molecular weight excluding hydrogens is 392 g/mol. The van der Waals surface area contributed by atoms with Crippen LogP contribution in [0.5, 0.6) is 5.75 Å². The van der Waals surface area contributed by atoms with E-state index in [1.807, 2.05) is 48.5 Å². The van der Waals surface area contributed by atoms with Crippen LogP contribution in [0.1, 0.15) is 20.7 Å². The highest BCUT2D eigenvalue weighted by Gasteiger charge is 2.19. The minimum atomic E-state index is -0.475. The lowest BCUT2D eigenvalue weighted by Gasteiger charge is -2.08. The van der Waals surface area contributed by atoms with Crippen LogP contribution in [0.25, 0.3) is 16.9 Å². The van der Waals surface area contributed by atoms with Gasteiger partial charge in [-0.1, -0.05) is 36.4 Å². The summed E-state index contributed by atoms with van der Waals surface area (Å²) in [5.41, 5.74) is 7.73. The van der Waals surface area contributed by atoms with Crippen molar-refractivity contribution in [1.82, 2.24) is 20.6 Å². The van der Waals surface area contributed by atoms with E-state index in [0.717, 1.165) is 11.3 Å². The van der Waals surface area contributed by atoms with Crippen LogP contribution in [-0.4, -0.2) is 28.7 Å². The first-order valence-electron chi connectivity index (χ1n) is 9.61. The predicted octanol–water partition coefficient (Wildman–Crippen LogP) is 3.62. The van der Waals surface area contributed by atoms with Crippen molar-refractivity contribution < 1.29 is 14.3 Å². The molecule has 0 spiro atoms. The van der Waals surface area contributed by atoms with Gasteiger partial charge in [-0.25, -0.2) is 4.68 Å². The van der Waals surface area contributed by atoms with Gasteiger partial charge < -0.3 is 4.74 Å². The molecule has 0 unspecified atom stereocenters. The smallest absolute Gasteiger partial charge is 0.273 e. The van der Waals surface area contributed by atoms with Crippen molar-refractivity contribution in [3.8, 4) is 22.7 Å². The number of para-hydroxylation sites is 1. The summed E-state index contributed by atoms with van der Waals surface area (Å²) in [7, 11) is 1.59. The van der Waals surface area contributed by atoms with Crippen LogP contribution >= 0.6 is 0 Å². The molecular formula is C24H20N4O3.